The van der Waals surface area contributed by atoms with Crippen molar-refractivity contribution < 1.29 is 9.53 Å². The molecule has 106 valence electrons. The van der Waals surface area contributed by atoms with Gasteiger partial charge in [0.05, 0.1) is 17.2 Å². The number of ether oxygens (including phenoxy) is 1. The zero-order valence-electron chi connectivity index (χ0n) is 12.4. The van der Waals surface area contributed by atoms with E-state index in [9.17, 15) is 4.79 Å². The van der Waals surface area contributed by atoms with E-state index in [1.165, 1.54) is 0 Å². The molecule has 0 aromatic heterocycles. The smallest absolute Gasteiger partial charge is 0.339 e. The monoisotopic (exact) mass is 279 g/mol. The molecule has 0 saturated heterocycles. The van der Waals surface area contributed by atoms with Crippen molar-refractivity contribution in [1.29, 1.82) is 5.26 Å². The standard InChI is InChI=1S/C18H17NO2/c1-12-8-13(2)17(14(3)9-12)18(20)21-11-16-6-4-15(10-19)5-7-16/h4-9H,11H2,1-3H3. The van der Waals surface area contributed by atoms with Crippen LogP contribution >= 0.6 is 0 Å². The van der Waals surface area contributed by atoms with Crippen molar-refractivity contribution in [2.45, 2.75) is 27.4 Å². The number of benzene rings is 2. The van der Waals surface area contributed by atoms with Gasteiger partial charge >= 0.3 is 5.97 Å². The lowest BCUT2D eigenvalue weighted by Crippen LogP contribution is -2.09. The number of carbonyl (C=O) groups excluding carboxylic acids is 1. The first kappa shape index (κ1) is 14.8. The van der Waals surface area contributed by atoms with Crippen LogP contribution in [-0.4, -0.2) is 5.97 Å². The van der Waals surface area contributed by atoms with E-state index in [1.54, 1.807) is 24.3 Å². The van der Waals surface area contributed by atoms with Crippen molar-refractivity contribution in [3.63, 3.8) is 0 Å². The summed E-state index contributed by atoms with van der Waals surface area (Å²) < 4.78 is 5.37. The van der Waals surface area contributed by atoms with Gasteiger partial charge in [-0.1, -0.05) is 29.8 Å². The Hall–Kier alpha value is -2.60. The van der Waals surface area contributed by atoms with Crippen LogP contribution in [0.25, 0.3) is 0 Å². The molecular formula is C18H17NO2. The van der Waals surface area contributed by atoms with Crippen LogP contribution < -0.4 is 0 Å². The Kier molecular flexibility index (Phi) is 4.39. The number of nitriles is 1. The summed E-state index contributed by atoms with van der Waals surface area (Å²) in [5.74, 6) is -0.311. The van der Waals surface area contributed by atoms with Gasteiger partial charge in [-0.3, -0.25) is 0 Å². The SMILES string of the molecule is Cc1cc(C)c(C(=O)OCc2ccc(C#N)cc2)c(C)c1. The highest BCUT2D eigenvalue weighted by Gasteiger charge is 2.14. The first-order valence-corrected chi connectivity index (χ1v) is 6.75. The van der Waals surface area contributed by atoms with E-state index >= 15 is 0 Å². The van der Waals surface area contributed by atoms with Crippen molar-refractivity contribution in [3.05, 3.63) is 69.8 Å². The van der Waals surface area contributed by atoms with Crippen LogP contribution in [0.3, 0.4) is 0 Å². The molecule has 0 unspecified atom stereocenters. The number of aryl methyl sites for hydroxylation is 3. The summed E-state index contributed by atoms with van der Waals surface area (Å²) in [6.07, 6.45) is 0. The van der Waals surface area contributed by atoms with Crippen LogP contribution in [-0.2, 0) is 11.3 Å². The topological polar surface area (TPSA) is 50.1 Å². The van der Waals surface area contributed by atoms with Gasteiger partial charge in [0.2, 0.25) is 0 Å². The number of nitrogens with zero attached hydrogens (tertiary/aromatic N) is 1. The number of hydrogen-bond donors (Lipinski definition) is 0. The highest BCUT2D eigenvalue weighted by molar-refractivity contribution is 5.92. The zero-order chi connectivity index (χ0) is 15.4. The lowest BCUT2D eigenvalue weighted by Gasteiger charge is -2.11. The van der Waals surface area contributed by atoms with Crippen LogP contribution in [0.4, 0.5) is 0 Å². The second-order valence-electron chi connectivity index (χ2n) is 5.16. The fourth-order valence-corrected chi connectivity index (χ4v) is 2.40. The van der Waals surface area contributed by atoms with Gasteiger partial charge in [-0.25, -0.2) is 4.79 Å². The van der Waals surface area contributed by atoms with Crippen LogP contribution in [0.15, 0.2) is 36.4 Å². The largest absolute Gasteiger partial charge is 0.457 e. The maximum absolute atomic E-state index is 12.2. The van der Waals surface area contributed by atoms with E-state index in [0.29, 0.717) is 11.1 Å². The minimum absolute atomic E-state index is 0.206. The Morgan fingerprint density at radius 1 is 1.10 bits per heavy atom. The fraction of sp³-hybridized carbons (Fsp3) is 0.222. The summed E-state index contributed by atoms with van der Waals surface area (Å²) in [6, 6.07) is 13.0. The van der Waals surface area contributed by atoms with Gasteiger partial charge in [0.25, 0.3) is 0 Å². The van der Waals surface area contributed by atoms with E-state index in [-0.39, 0.29) is 12.6 Å². The van der Waals surface area contributed by atoms with Crippen LogP contribution in [0.1, 0.15) is 38.2 Å². The molecule has 0 fully saturated rings. The van der Waals surface area contributed by atoms with Crippen LogP contribution in [0.5, 0.6) is 0 Å². The number of rotatable bonds is 3. The molecule has 2 aromatic rings. The summed E-state index contributed by atoms with van der Waals surface area (Å²) >= 11 is 0. The van der Waals surface area contributed by atoms with Crippen LogP contribution in [0, 0.1) is 32.1 Å². The third-order valence-electron chi connectivity index (χ3n) is 3.33. The Morgan fingerprint density at radius 3 is 2.19 bits per heavy atom. The summed E-state index contributed by atoms with van der Waals surface area (Å²) in [6.45, 7) is 6.04. The molecule has 0 radical (unpaired) electrons. The van der Waals surface area contributed by atoms with Crippen molar-refractivity contribution in [2.24, 2.45) is 0 Å². The molecule has 0 spiro atoms. The number of carbonyl (C=O) groups is 1. The molecule has 2 aromatic carbocycles. The molecule has 0 aliphatic carbocycles. The lowest BCUT2D eigenvalue weighted by molar-refractivity contribution is 0.0471. The van der Waals surface area contributed by atoms with E-state index in [1.807, 2.05) is 32.9 Å². The second-order valence-corrected chi connectivity index (χ2v) is 5.16. The molecule has 0 bridgehead atoms. The second kappa shape index (κ2) is 6.23. The average molecular weight is 279 g/mol. The molecule has 0 aliphatic heterocycles. The molecule has 0 heterocycles. The van der Waals surface area contributed by atoms with Gasteiger partial charge in [0.15, 0.2) is 0 Å². The van der Waals surface area contributed by atoms with E-state index < -0.39 is 0 Å². The molecule has 2 rings (SSSR count). The Labute approximate surface area is 124 Å². The maximum atomic E-state index is 12.2. The number of hydrogen-bond acceptors (Lipinski definition) is 3. The van der Waals surface area contributed by atoms with Crippen molar-refractivity contribution in [1.82, 2.24) is 0 Å². The predicted octanol–water partition coefficient (Wildman–Crippen LogP) is 3.84. The summed E-state index contributed by atoms with van der Waals surface area (Å²) in [4.78, 5) is 12.2. The molecule has 3 heteroatoms. The highest BCUT2D eigenvalue weighted by atomic mass is 16.5. The van der Waals surface area contributed by atoms with Crippen LogP contribution in [0.2, 0.25) is 0 Å². The van der Waals surface area contributed by atoms with Gasteiger partial charge in [0.1, 0.15) is 6.61 Å². The first-order chi connectivity index (χ1) is 10.0. The van der Waals surface area contributed by atoms with Crippen molar-refractivity contribution in [2.75, 3.05) is 0 Å². The Balaban J connectivity index is 2.10. The molecule has 0 amide bonds. The van der Waals surface area contributed by atoms with Crippen molar-refractivity contribution >= 4 is 5.97 Å². The zero-order valence-corrected chi connectivity index (χ0v) is 12.4. The Morgan fingerprint density at radius 2 is 1.67 bits per heavy atom. The van der Waals surface area contributed by atoms with Gasteiger partial charge in [0, 0.05) is 0 Å². The van der Waals surface area contributed by atoms with E-state index in [0.717, 1.165) is 22.3 Å². The molecule has 0 N–H and O–H groups in total. The Bertz CT molecular complexity index is 686. The minimum Gasteiger partial charge on any atom is -0.457 e. The van der Waals surface area contributed by atoms with Gasteiger partial charge < -0.3 is 4.74 Å². The fourth-order valence-electron chi connectivity index (χ4n) is 2.40. The molecular weight excluding hydrogens is 262 g/mol. The predicted molar refractivity (Wildman–Crippen MR) is 80.9 cm³/mol. The average Bonchev–Trinajstić information content (AvgIpc) is 2.44. The van der Waals surface area contributed by atoms with Gasteiger partial charge in [-0.05, 0) is 49.6 Å². The molecule has 0 atom stereocenters. The first-order valence-electron chi connectivity index (χ1n) is 6.75. The third-order valence-corrected chi connectivity index (χ3v) is 3.33. The third kappa shape index (κ3) is 3.49. The highest BCUT2D eigenvalue weighted by Crippen LogP contribution is 2.18. The quantitative estimate of drug-likeness (QED) is 0.802. The molecule has 0 aliphatic rings. The van der Waals surface area contributed by atoms with Crippen molar-refractivity contribution in [3.8, 4) is 6.07 Å². The van der Waals surface area contributed by atoms with E-state index in [2.05, 4.69) is 6.07 Å². The minimum atomic E-state index is -0.311. The maximum Gasteiger partial charge on any atom is 0.339 e. The summed E-state index contributed by atoms with van der Waals surface area (Å²) in [5.41, 5.74) is 5.08. The number of esters is 1. The molecule has 0 saturated carbocycles. The summed E-state index contributed by atoms with van der Waals surface area (Å²) in [5, 5.41) is 8.74. The van der Waals surface area contributed by atoms with E-state index in [4.69, 9.17) is 10.00 Å². The van der Waals surface area contributed by atoms with Gasteiger partial charge in [-0.15, -0.1) is 0 Å². The normalized spacial score (nSPS) is 10.0. The van der Waals surface area contributed by atoms with Gasteiger partial charge in [-0.2, -0.15) is 5.26 Å². The molecule has 21 heavy (non-hydrogen) atoms. The summed E-state index contributed by atoms with van der Waals surface area (Å²) in [7, 11) is 0. The molecule has 3 nitrogen and oxygen atoms in total. The lowest BCUT2D eigenvalue weighted by atomic mass is 10.00.